The molecule has 0 aliphatic carbocycles. The minimum Gasteiger partial charge on any atom is -0.441 e. The van der Waals surface area contributed by atoms with Crippen molar-refractivity contribution >= 4 is 19.1 Å². The van der Waals surface area contributed by atoms with Crippen molar-refractivity contribution in [2.24, 2.45) is 17.3 Å². The van der Waals surface area contributed by atoms with Gasteiger partial charge in [-0.05, 0) is 29.7 Å². The summed E-state index contributed by atoms with van der Waals surface area (Å²) in [7, 11) is -1.85. The van der Waals surface area contributed by atoms with E-state index >= 15 is 0 Å². The Morgan fingerprint density at radius 3 is 2.48 bits per heavy atom. The zero-order valence-electron chi connectivity index (χ0n) is 19.6. The second-order valence-electron chi connectivity index (χ2n) is 9.91. The lowest BCUT2D eigenvalue weighted by Crippen LogP contribution is -2.49. The molecule has 0 saturated carbocycles. The second kappa shape index (κ2) is 11.5. The maximum atomic E-state index is 14.6. The largest absolute Gasteiger partial charge is 0.475 e. The molecule has 2 unspecified atom stereocenters. The van der Waals surface area contributed by atoms with Gasteiger partial charge in [-0.15, -0.1) is 0 Å². The second-order valence-corrected chi connectivity index (χ2v) is 9.91. The summed E-state index contributed by atoms with van der Waals surface area (Å²) in [6, 6.07) is 11.0. The number of rotatable bonds is 8. The van der Waals surface area contributed by atoms with Crippen LogP contribution in [0.2, 0.25) is 0 Å². The van der Waals surface area contributed by atoms with Crippen molar-refractivity contribution in [2.45, 2.75) is 58.8 Å². The zero-order valence-corrected chi connectivity index (χ0v) is 19.6. The highest BCUT2D eigenvalue weighted by molar-refractivity contribution is 6.43. The van der Waals surface area contributed by atoms with Crippen molar-refractivity contribution in [3.8, 4) is 6.07 Å². The highest BCUT2D eigenvalue weighted by Gasteiger charge is 2.42. The minimum absolute atomic E-state index is 0.0697. The first-order chi connectivity index (χ1) is 15.4. The van der Waals surface area contributed by atoms with E-state index in [9.17, 15) is 29.3 Å². The Morgan fingerprint density at radius 2 is 1.94 bits per heavy atom. The molecule has 0 bridgehead atoms. The van der Waals surface area contributed by atoms with E-state index in [2.05, 4.69) is 5.32 Å². The summed E-state index contributed by atoms with van der Waals surface area (Å²) in [6.45, 7) is 7.45. The third-order valence-electron chi connectivity index (χ3n) is 5.64. The fraction of sp³-hybridized carbons (Fsp3) is 0.609. The average molecular weight is 461 g/mol. The number of halogens is 1. The van der Waals surface area contributed by atoms with Crippen LogP contribution in [0.3, 0.4) is 0 Å². The monoisotopic (exact) mass is 461 g/mol. The van der Waals surface area contributed by atoms with Gasteiger partial charge in [0.2, 0.25) is 5.91 Å². The summed E-state index contributed by atoms with van der Waals surface area (Å²) < 4.78 is 19.7. The lowest BCUT2D eigenvalue weighted by atomic mass is 9.76. The number of nitrogens with one attached hydrogen (secondary N) is 1. The van der Waals surface area contributed by atoms with Gasteiger partial charge in [0.15, 0.2) is 12.3 Å². The van der Waals surface area contributed by atoms with Crippen LogP contribution < -0.4 is 5.32 Å². The number of alkyl halides is 1. The van der Waals surface area contributed by atoms with E-state index in [1.165, 1.54) is 4.90 Å². The molecule has 2 amide bonds. The van der Waals surface area contributed by atoms with Gasteiger partial charge in [0, 0.05) is 0 Å². The average Bonchev–Trinajstić information content (AvgIpc) is 3.07. The first-order valence-corrected chi connectivity index (χ1v) is 11.1. The Balaban J connectivity index is 1.95. The summed E-state index contributed by atoms with van der Waals surface area (Å²) in [6.07, 6.45) is -3.04. The van der Waals surface area contributed by atoms with E-state index in [1.54, 1.807) is 24.3 Å². The number of alkyl carbamates (subject to hydrolysis) is 1. The van der Waals surface area contributed by atoms with Crippen LogP contribution in [0.4, 0.5) is 9.18 Å². The first kappa shape index (κ1) is 26.6. The molecular formula is C23H33BFN3O5. The van der Waals surface area contributed by atoms with Crippen LogP contribution >= 0.6 is 0 Å². The Labute approximate surface area is 194 Å². The van der Waals surface area contributed by atoms with Crippen molar-refractivity contribution < 1.29 is 28.8 Å². The molecule has 0 radical (unpaired) electrons. The molecule has 8 nitrogen and oxygen atoms in total. The van der Waals surface area contributed by atoms with Gasteiger partial charge in [-0.3, -0.25) is 4.79 Å². The van der Waals surface area contributed by atoms with Crippen LogP contribution in [-0.2, 0) is 16.0 Å². The Kier molecular flexibility index (Phi) is 9.26. The van der Waals surface area contributed by atoms with Gasteiger partial charge in [-0.25, -0.2) is 9.18 Å². The molecule has 1 saturated heterocycles. The van der Waals surface area contributed by atoms with Gasteiger partial charge in [0.25, 0.3) is 0 Å². The summed E-state index contributed by atoms with van der Waals surface area (Å²) in [5, 5.41) is 31.1. The van der Waals surface area contributed by atoms with E-state index < -0.39 is 43.3 Å². The maximum Gasteiger partial charge on any atom is 0.475 e. The minimum atomic E-state index is -1.85. The Morgan fingerprint density at radius 1 is 1.30 bits per heavy atom. The number of hydrogen-bond acceptors (Lipinski definition) is 6. The molecule has 1 aliphatic heterocycles. The molecule has 2 rings (SSSR count). The number of nitriles is 1. The summed E-state index contributed by atoms with van der Waals surface area (Å²) >= 11 is 0. The van der Waals surface area contributed by atoms with Crippen LogP contribution in [0.15, 0.2) is 30.3 Å². The smallest absolute Gasteiger partial charge is 0.441 e. The predicted molar refractivity (Wildman–Crippen MR) is 121 cm³/mol. The topological polar surface area (TPSA) is 123 Å². The molecular weight excluding hydrogens is 428 g/mol. The SMILES string of the molecule is CC(CC(C)(C)C)C(C#N)C(=O)N1C[C@@H](F)[C@@H](OC(=O)N[C@@H](Cc2ccccc2)B(O)O)C1. The molecule has 10 heteroatoms. The lowest BCUT2D eigenvalue weighted by Gasteiger charge is -2.28. The lowest BCUT2D eigenvalue weighted by molar-refractivity contribution is -0.134. The van der Waals surface area contributed by atoms with Crippen LogP contribution in [0.25, 0.3) is 0 Å². The number of carbonyl (C=O) groups excluding carboxylic acids is 2. The predicted octanol–water partition coefficient (Wildman–Crippen LogP) is 2.10. The number of carbonyl (C=O) groups is 2. The van der Waals surface area contributed by atoms with Gasteiger partial charge in [-0.1, -0.05) is 58.0 Å². The van der Waals surface area contributed by atoms with E-state index in [0.717, 1.165) is 5.56 Å². The van der Waals surface area contributed by atoms with Crippen molar-refractivity contribution in [1.82, 2.24) is 10.2 Å². The maximum absolute atomic E-state index is 14.6. The fourth-order valence-corrected chi connectivity index (χ4v) is 4.15. The number of ether oxygens (including phenoxy) is 1. The van der Waals surface area contributed by atoms with Crippen LogP contribution in [0.1, 0.15) is 39.7 Å². The standard InChI is InChI=1S/C23H33BFN3O5/c1-15(11-23(2,3)4)17(12-26)21(29)28-13-18(25)19(14-28)33-22(30)27-20(24(31)32)10-16-8-6-5-7-9-16/h5-9,15,17-20,31-32H,10-11,13-14H2,1-4H3,(H,27,30)/t15?,17?,18-,19+,20+/m1/s1. The van der Waals surface area contributed by atoms with Gasteiger partial charge >= 0.3 is 13.2 Å². The normalized spacial score (nSPS) is 21.0. The molecule has 3 N–H and O–H groups in total. The van der Waals surface area contributed by atoms with Crippen molar-refractivity contribution in [1.29, 1.82) is 5.26 Å². The molecule has 1 aromatic carbocycles. The van der Waals surface area contributed by atoms with Gasteiger partial charge in [0.05, 0.1) is 25.1 Å². The number of amides is 2. The molecule has 1 aliphatic rings. The summed E-state index contributed by atoms with van der Waals surface area (Å²) in [4.78, 5) is 26.4. The number of nitrogens with zero attached hydrogens (tertiary/aromatic N) is 2. The third-order valence-corrected chi connectivity index (χ3v) is 5.64. The highest BCUT2D eigenvalue weighted by Crippen LogP contribution is 2.30. The number of benzene rings is 1. The van der Waals surface area contributed by atoms with Crippen LogP contribution in [0, 0.1) is 28.6 Å². The van der Waals surface area contributed by atoms with Gasteiger partial charge < -0.3 is 25.0 Å². The summed E-state index contributed by atoms with van der Waals surface area (Å²) in [5.41, 5.74) is 0.698. The van der Waals surface area contributed by atoms with Gasteiger partial charge in [0.1, 0.15) is 5.92 Å². The molecule has 5 atom stereocenters. The van der Waals surface area contributed by atoms with Crippen LogP contribution in [0.5, 0.6) is 0 Å². The quantitative estimate of drug-likeness (QED) is 0.510. The Hall–Kier alpha value is -2.64. The molecule has 1 fully saturated rings. The summed E-state index contributed by atoms with van der Waals surface area (Å²) in [5.74, 6) is -2.66. The molecule has 0 aromatic heterocycles. The third kappa shape index (κ3) is 8.02. The molecule has 0 spiro atoms. The van der Waals surface area contributed by atoms with Crippen molar-refractivity contribution in [2.75, 3.05) is 13.1 Å². The van der Waals surface area contributed by atoms with Gasteiger partial charge in [-0.2, -0.15) is 5.26 Å². The molecule has 1 heterocycles. The van der Waals surface area contributed by atoms with Crippen molar-refractivity contribution in [3.63, 3.8) is 0 Å². The van der Waals surface area contributed by atoms with E-state index in [1.807, 2.05) is 39.8 Å². The van der Waals surface area contributed by atoms with E-state index in [0.29, 0.717) is 6.42 Å². The molecule has 33 heavy (non-hydrogen) atoms. The number of hydrogen-bond donors (Lipinski definition) is 3. The zero-order chi connectivity index (χ0) is 24.8. The van der Waals surface area contributed by atoms with E-state index in [4.69, 9.17) is 4.74 Å². The number of likely N-dealkylation sites (tertiary alicyclic amines) is 1. The fourth-order valence-electron chi connectivity index (χ4n) is 4.15. The highest BCUT2D eigenvalue weighted by atomic mass is 19.1. The van der Waals surface area contributed by atoms with E-state index in [-0.39, 0.29) is 30.8 Å². The molecule has 1 aromatic rings. The van der Waals surface area contributed by atoms with Crippen LogP contribution in [-0.4, -0.2) is 65.4 Å². The first-order valence-electron chi connectivity index (χ1n) is 11.1. The molecule has 180 valence electrons. The van der Waals surface area contributed by atoms with Crippen molar-refractivity contribution in [3.05, 3.63) is 35.9 Å². The Bertz CT molecular complexity index is 843.